The number of benzene rings is 2. The Morgan fingerprint density at radius 1 is 1.18 bits per heavy atom. The summed E-state index contributed by atoms with van der Waals surface area (Å²) in [6, 6.07) is 11.6. The summed E-state index contributed by atoms with van der Waals surface area (Å²) in [6.45, 7) is 2.95. The molecule has 0 atom stereocenters. The zero-order valence-corrected chi connectivity index (χ0v) is 16.4. The van der Waals surface area contributed by atoms with Gasteiger partial charge < -0.3 is 0 Å². The highest BCUT2D eigenvalue weighted by atomic mass is 32.2. The van der Waals surface area contributed by atoms with Gasteiger partial charge in [-0.25, -0.2) is 8.42 Å². The van der Waals surface area contributed by atoms with Crippen LogP contribution in [0.3, 0.4) is 0 Å². The Bertz CT molecular complexity index is 981. The number of hydrogen-bond donors (Lipinski definition) is 1. The zero-order chi connectivity index (χ0) is 20.1. The molecule has 0 aliphatic carbocycles. The number of anilines is 1. The minimum absolute atomic E-state index is 0.0780. The Balaban J connectivity index is 1.81. The molecule has 2 aromatic carbocycles. The molecule has 3 rings (SSSR count). The summed E-state index contributed by atoms with van der Waals surface area (Å²) in [5.41, 5.74) is 4.49. The number of hydrazone groups is 1. The molecule has 0 unspecified atom stereocenters. The van der Waals surface area contributed by atoms with Gasteiger partial charge in [0.15, 0.2) is 0 Å². The third kappa shape index (κ3) is 4.37. The number of nitrogens with zero attached hydrogens (tertiary/aromatic N) is 3. The highest BCUT2D eigenvalue weighted by Gasteiger charge is 2.29. The molecule has 1 heterocycles. The van der Waals surface area contributed by atoms with Crippen molar-refractivity contribution in [2.75, 3.05) is 18.5 Å². The van der Waals surface area contributed by atoms with Crippen LogP contribution in [-0.2, 0) is 16.4 Å². The van der Waals surface area contributed by atoms with Gasteiger partial charge in [-0.3, -0.25) is 15.5 Å². The van der Waals surface area contributed by atoms with Gasteiger partial charge in [-0.15, -0.1) is 0 Å². The third-order valence-electron chi connectivity index (χ3n) is 4.66. The summed E-state index contributed by atoms with van der Waals surface area (Å²) in [7, 11) is -3.72. The predicted octanol–water partition coefficient (Wildman–Crippen LogP) is 3.39. The molecule has 0 aromatic heterocycles. The summed E-state index contributed by atoms with van der Waals surface area (Å²) in [4.78, 5) is 10.7. The largest absolute Gasteiger partial charge is 0.295 e. The van der Waals surface area contributed by atoms with Crippen molar-refractivity contribution in [2.45, 2.75) is 31.1 Å². The molecule has 148 valence electrons. The van der Waals surface area contributed by atoms with Crippen LogP contribution < -0.4 is 5.43 Å². The van der Waals surface area contributed by atoms with Gasteiger partial charge in [-0.2, -0.15) is 9.41 Å². The van der Waals surface area contributed by atoms with Crippen LogP contribution in [0.2, 0.25) is 0 Å². The topological polar surface area (TPSA) is 105 Å². The molecule has 1 saturated heterocycles. The molecular formula is C19H22N4O4S. The molecule has 1 fully saturated rings. The van der Waals surface area contributed by atoms with E-state index in [4.69, 9.17) is 0 Å². The average molecular weight is 402 g/mol. The first-order valence-electron chi connectivity index (χ1n) is 9.08. The summed E-state index contributed by atoms with van der Waals surface area (Å²) in [6.07, 6.45) is 4.09. The summed E-state index contributed by atoms with van der Waals surface area (Å²) >= 11 is 0. The Morgan fingerprint density at radius 3 is 2.46 bits per heavy atom. The highest BCUT2D eigenvalue weighted by molar-refractivity contribution is 7.89. The minimum atomic E-state index is -3.72. The SMILES string of the molecule is CCc1ccc(/C=N/Nc2ccc(S(=O)(=O)N3CCCC3)cc2[N+](=O)[O-])cc1. The lowest BCUT2D eigenvalue weighted by atomic mass is 10.1. The van der Waals surface area contributed by atoms with E-state index in [9.17, 15) is 18.5 Å². The fourth-order valence-corrected chi connectivity index (χ4v) is 4.55. The van der Waals surface area contributed by atoms with Crippen LogP contribution in [0, 0.1) is 10.1 Å². The second-order valence-corrected chi connectivity index (χ2v) is 8.45. The maximum Gasteiger partial charge on any atom is 0.295 e. The van der Waals surface area contributed by atoms with E-state index in [-0.39, 0.29) is 16.3 Å². The van der Waals surface area contributed by atoms with Gasteiger partial charge in [0.05, 0.1) is 16.0 Å². The lowest BCUT2D eigenvalue weighted by molar-refractivity contribution is -0.384. The van der Waals surface area contributed by atoms with E-state index in [2.05, 4.69) is 17.5 Å². The van der Waals surface area contributed by atoms with Crippen LogP contribution in [0.15, 0.2) is 52.5 Å². The summed E-state index contributed by atoms with van der Waals surface area (Å²) in [5.74, 6) is 0. The maximum atomic E-state index is 12.6. The lowest BCUT2D eigenvalue weighted by Gasteiger charge is -2.15. The van der Waals surface area contributed by atoms with Crippen LogP contribution >= 0.6 is 0 Å². The second-order valence-electron chi connectivity index (χ2n) is 6.51. The van der Waals surface area contributed by atoms with Gasteiger partial charge >= 0.3 is 0 Å². The first-order valence-corrected chi connectivity index (χ1v) is 10.5. The molecule has 8 nitrogen and oxygen atoms in total. The smallest absolute Gasteiger partial charge is 0.272 e. The molecule has 0 bridgehead atoms. The van der Waals surface area contributed by atoms with E-state index in [0.717, 1.165) is 30.9 Å². The Labute approximate surface area is 164 Å². The molecule has 0 spiro atoms. The van der Waals surface area contributed by atoms with Crippen LogP contribution in [0.4, 0.5) is 11.4 Å². The number of sulfonamides is 1. The molecular weight excluding hydrogens is 380 g/mol. The first kappa shape index (κ1) is 20.0. The molecule has 0 radical (unpaired) electrons. The molecule has 9 heteroatoms. The van der Waals surface area contributed by atoms with Crippen LogP contribution in [0.1, 0.15) is 30.9 Å². The lowest BCUT2D eigenvalue weighted by Crippen LogP contribution is -2.27. The van der Waals surface area contributed by atoms with Crippen molar-refractivity contribution in [3.8, 4) is 0 Å². The number of rotatable bonds is 7. The second kappa shape index (κ2) is 8.49. The van der Waals surface area contributed by atoms with Crippen LogP contribution in [0.25, 0.3) is 0 Å². The molecule has 1 aliphatic heterocycles. The monoisotopic (exact) mass is 402 g/mol. The summed E-state index contributed by atoms with van der Waals surface area (Å²) in [5, 5.41) is 15.5. The van der Waals surface area contributed by atoms with E-state index in [1.807, 2.05) is 24.3 Å². The van der Waals surface area contributed by atoms with Gasteiger partial charge in [-0.05, 0) is 42.5 Å². The zero-order valence-electron chi connectivity index (χ0n) is 15.5. The van der Waals surface area contributed by atoms with Crippen LogP contribution in [0.5, 0.6) is 0 Å². The molecule has 1 N–H and O–H groups in total. The first-order chi connectivity index (χ1) is 13.4. The Hall–Kier alpha value is -2.78. The van der Waals surface area contributed by atoms with Crippen molar-refractivity contribution in [1.82, 2.24) is 4.31 Å². The van der Waals surface area contributed by atoms with Crippen molar-refractivity contribution in [3.63, 3.8) is 0 Å². The van der Waals surface area contributed by atoms with Crippen molar-refractivity contribution in [1.29, 1.82) is 0 Å². The number of nitro groups is 1. The molecule has 0 amide bonds. The molecule has 1 aliphatic rings. The van der Waals surface area contributed by atoms with Crippen molar-refractivity contribution in [2.24, 2.45) is 5.10 Å². The number of hydrogen-bond acceptors (Lipinski definition) is 6. The Kier molecular flexibility index (Phi) is 6.05. The third-order valence-corrected chi connectivity index (χ3v) is 6.55. The van der Waals surface area contributed by atoms with E-state index >= 15 is 0 Å². The van der Waals surface area contributed by atoms with Gasteiger partial charge in [-0.1, -0.05) is 31.2 Å². The molecule has 2 aromatic rings. The van der Waals surface area contributed by atoms with Gasteiger partial charge in [0, 0.05) is 19.2 Å². The standard InChI is InChI=1S/C19H22N4O4S/c1-2-15-5-7-16(8-6-15)14-20-21-18-10-9-17(13-19(18)23(24)25)28(26,27)22-11-3-4-12-22/h5-10,13-14,21H,2-4,11-12H2,1H3/b20-14+. The van der Waals surface area contributed by atoms with Gasteiger partial charge in [0.25, 0.3) is 5.69 Å². The van der Waals surface area contributed by atoms with E-state index < -0.39 is 14.9 Å². The minimum Gasteiger partial charge on any atom is -0.272 e. The van der Waals surface area contributed by atoms with E-state index in [0.29, 0.717) is 13.1 Å². The number of aryl methyl sites for hydroxylation is 1. The van der Waals surface area contributed by atoms with Gasteiger partial charge in [0.2, 0.25) is 10.0 Å². The fourth-order valence-electron chi connectivity index (χ4n) is 3.01. The quantitative estimate of drug-likeness (QED) is 0.434. The van der Waals surface area contributed by atoms with Crippen LogP contribution in [-0.4, -0.2) is 37.0 Å². The highest BCUT2D eigenvalue weighted by Crippen LogP contribution is 2.30. The Morgan fingerprint density at radius 2 is 1.86 bits per heavy atom. The van der Waals surface area contributed by atoms with E-state index in [1.165, 1.54) is 22.0 Å². The fraction of sp³-hybridized carbons (Fsp3) is 0.316. The van der Waals surface area contributed by atoms with Crippen molar-refractivity contribution >= 4 is 27.6 Å². The summed E-state index contributed by atoms with van der Waals surface area (Å²) < 4.78 is 26.6. The number of nitro benzene ring substituents is 1. The molecule has 0 saturated carbocycles. The predicted molar refractivity (Wildman–Crippen MR) is 108 cm³/mol. The average Bonchev–Trinajstić information content (AvgIpc) is 3.24. The van der Waals surface area contributed by atoms with Gasteiger partial charge in [0.1, 0.15) is 5.69 Å². The van der Waals surface area contributed by atoms with Crippen molar-refractivity contribution in [3.05, 3.63) is 63.7 Å². The number of nitrogens with one attached hydrogen (secondary N) is 1. The maximum absolute atomic E-state index is 12.6. The van der Waals surface area contributed by atoms with E-state index in [1.54, 1.807) is 6.21 Å². The normalized spacial score (nSPS) is 15.2. The molecule has 28 heavy (non-hydrogen) atoms. The van der Waals surface area contributed by atoms with Crippen molar-refractivity contribution < 1.29 is 13.3 Å².